The van der Waals surface area contributed by atoms with Crippen LogP contribution in [0.1, 0.15) is 29.7 Å². The molecule has 0 heterocycles. The van der Waals surface area contributed by atoms with Gasteiger partial charge in [0.05, 0.1) is 18.2 Å². The van der Waals surface area contributed by atoms with Gasteiger partial charge in [0, 0.05) is 11.1 Å². The zero-order valence-corrected chi connectivity index (χ0v) is 13.2. The van der Waals surface area contributed by atoms with Crippen molar-refractivity contribution in [3.05, 3.63) is 63.9 Å². The van der Waals surface area contributed by atoms with Crippen molar-refractivity contribution in [3.63, 3.8) is 0 Å². The summed E-state index contributed by atoms with van der Waals surface area (Å²) in [7, 11) is 1.62. The number of rotatable bonds is 5. The summed E-state index contributed by atoms with van der Waals surface area (Å²) >= 11 is 5.92. The molecule has 2 aromatic carbocycles. The first kappa shape index (κ1) is 15.8. The predicted octanol–water partition coefficient (Wildman–Crippen LogP) is 4.50. The van der Waals surface area contributed by atoms with Gasteiger partial charge in [-0.1, -0.05) is 48.4 Å². The van der Waals surface area contributed by atoms with Crippen molar-refractivity contribution >= 4 is 11.6 Å². The topological polar surface area (TPSA) is 21.3 Å². The van der Waals surface area contributed by atoms with E-state index >= 15 is 0 Å². The molecule has 1 N–H and O–H groups in total. The van der Waals surface area contributed by atoms with Crippen LogP contribution in [0.5, 0.6) is 5.75 Å². The highest BCUT2D eigenvalue weighted by molar-refractivity contribution is 6.30. The molecule has 0 bridgehead atoms. The Labute approximate surface area is 129 Å². The molecule has 0 aliphatic carbocycles. The molecule has 2 aromatic rings. The van der Waals surface area contributed by atoms with Crippen LogP contribution in [0.2, 0.25) is 5.02 Å². The standard InChI is InChI=1S/C17H19ClFNO/c1-4-20-17(12-6-5-7-14(18)16(12)19)13-10-11(2)8-9-15(13)21-3/h5-10,17,20H,4H2,1-3H3. The Morgan fingerprint density at radius 3 is 2.67 bits per heavy atom. The van der Waals surface area contributed by atoms with E-state index in [0.29, 0.717) is 12.1 Å². The lowest BCUT2D eigenvalue weighted by atomic mass is 9.96. The van der Waals surface area contributed by atoms with Crippen LogP contribution in [0.15, 0.2) is 36.4 Å². The highest BCUT2D eigenvalue weighted by Crippen LogP contribution is 2.33. The summed E-state index contributed by atoms with van der Waals surface area (Å²) in [5.41, 5.74) is 2.52. The van der Waals surface area contributed by atoms with Crippen LogP contribution in [0.4, 0.5) is 4.39 Å². The lowest BCUT2D eigenvalue weighted by molar-refractivity contribution is 0.403. The van der Waals surface area contributed by atoms with E-state index in [1.807, 2.05) is 32.0 Å². The molecule has 112 valence electrons. The number of nitrogens with one attached hydrogen (secondary N) is 1. The second kappa shape index (κ2) is 6.92. The maximum absolute atomic E-state index is 14.4. The van der Waals surface area contributed by atoms with Gasteiger partial charge in [-0.3, -0.25) is 0 Å². The van der Waals surface area contributed by atoms with E-state index in [1.54, 1.807) is 25.3 Å². The van der Waals surface area contributed by atoms with E-state index in [9.17, 15) is 4.39 Å². The van der Waals surface area contributed by atoms with Crippen LogP contribution in [0.3, 0.4) is 0 Å². The van der Waals surface area contributed by atoms with Crippen LogP contribution in [0.25, 0.3) is 0 Å². The molecule has 1 unspecified atom stereocenters. The van der Waals surface area contributed by atoms with Crippen molar-refractivity contribution in [1.82, 2.24) is 5.32 Å². The Balaban J connectivity index is 2.58. The SMILES string of the molecule is CCNC(c1cc(C)ccc1OC)c1cccc(Cl)c1F. The minimum Gasteiger partial charge on any atom is -0.496 e. The average molecular weight is 308 g/mol. The van der Waals surface area contributed by atoms with Gasteiger partial charge in [-0.2, -0.15) is 0 Å². The monoisotopic (exact) mass is 307 g/mol. The number of methoxy groups -OCH3 is 1. The maximum atomic E-state index is 14.4. The molecule has 0 saturated heterocycles. The molecule has 2 nitrogen and oxygen atoms in total. The van der Waals surface area contributed by atoms with E-state index in [1.165, 1.54) is 0 Å². The van der Waals surface area contributed by atoms with Gasteiger partial charge in [-0.25, -0.2) is 4.39 Å². The van der Waals surface area contributed by atoms with Crippen LogP contribution in [0, 0.1) is 12.7 Å². The van der Waals surface area contributed by atoms with Crippen LogP contribution >= 0.6 is 11.6 Å². The van der Waals surface area contributed by atoms with E-state index < -0.39 is 5.82 Å². The van der Waals surface area contributed by atoms with Crippen LogP contribution in [-0.2, 0) is 0 Å². The van der Waals surface area contributed by atoms with Gasteiger partial charge in [0.15, 0.2) is 0 Å². The van der Waals surface area contributed by atoms with Gasteiger partial charge in [0.1, 0.15) is 11.6 Å². The minimum atomic E-state index is -0.395. The fraction of sp³-hybridized carbons (Fsp3) is 0.294. The third-order valence-electron chi connectivity index (χ3n) is 3.40. The molecule has 0 fully saturated rings. The minimum absolute atomic E-state index is 0.127. The summed E-state index contributed by atoms with van der Waals surface area (Å²) in [4.78, 5) is 0. The molecule has 4 heteroatoms. The highest BCUT2D eigenvalue weighted by atomic mass is 35.5. The zero-order valence-electron chi connectivity index (χ0n) is 12.4. The van der Waals surface area contributed by atoms with Crippen molar-refractivity contribution in [2.75, 3.05) is 13.7 Å². The van der Waals surface area contributed by atoms with Crippen molar-refractivity contribution in [3.8, 4) is 5.75 Å². The van der Waals surface area contributed by atoms with E-state index in [0.717, 1.165) is 16.9 Å². The van der Waals surface area contributed by atoms with Crippen molar-refractivity contribution in [2.45, 2.75) is 19.9 Å². The fourth-order valence-corrected chi connectivity index (χ4v) is 2.60. The summed E-state index contributed by atoms with van der Waals surface area (Å²) in [6.07, 6.45) is 0. The molecule has 0 amide bonds. The Hall–Kier alpha value is -1.58. The van der Waals surface area contributed by atoms with E-state index in [2.05, 4.69) is 5.32 Å². The molecule has 0 radical (unpaired) electrons. The maximum Gasteiger partial charge on any atom is 0.146 e. The summed E-state index contributed by atoms with van der Waals surface area (Å²) in [5.74, 6) is 0.333. The molecule has 21 heavy (non-hydrogen) atoms. The third-order valence-corrected chi connectivity index (χ3v) is 3.69. The van der Waals surface area contributed by atoms with Crippen LogP contribution in [-0.4, -0.2) is 13.7 Å². The second-order valence-corrected chi connectivity index (χ2v) is 5.29. The van der Waals surface area contributed by atoms with Gasteiger partial charge in [-0.15, -0.1) is 0 Å². The number of aryl methyl sites for hydroxylation is 1. The summed E-state index contributed by atoms with van der Waals surface area (Å²) < 4.78 is 19.8. The zero-order chi connectivity index (χ0) is 15.4. The number of halogens is 2. The first-order valence-corrected chi connectivity index (χ1v) is 7.28. The number of benzene rings is 2. The van der Waals surface area contributed by atoms with Gasteiger partial charge in [-0.05, 0) is 25.6 Å². The molecule has 0 aliphatic rings. The average Bonchev–Trinajstić information content (AvgIpc) is 2.48. The molecular weight excluding hydrogens is 289 g/mol. The molecule has 0 spiro atoms. The van der Waals surface area contributed by atoms with Gasteiger partial charge < -0.3 is 10.1 Å². The fourth-order valence-electron chi connectivity index (χ4n) is 2.41. The number of ether oxygens (including phenoxy) is 1. The lowest BCUT2D eigenvalue weighted by Crippen LogP contribution is -2.23. The number of hydrogen-bond acceptors (Lipinski definition) is 2. The lowest BCUT2D eigenvalue weighted by Gasteiger charge is -2.22. The van der Waals surface area contributed by atoms with E-state index in [-0.39, 0.29) is 11.1 Å². The molecule has 2 rings (SSSR count). The summed E-state index contributed by atoms with van der Waals surface area (Å²) in [6, 6.07) is 10.6. The molecular formula is C17H19ClFNO. The summed E-state index contributed by atoms with van der Waals surface area (Å²) in [6.45, 7) is 4.69. The second-order valence-electron chi connectivity index (χ2n) is 4.88. The highest BCUT2D eigenvalue weighted by Gasteiger charge is 2.21. The van der Waals surface area contributed by atoms with Gasteiger partial charge >= 0.3 is 0 Å². The van der Waals surface area contributed by atoms with E-state index in [4.69, 9.17) is 16.3 Å². The normalized spacial score (nSPS) is 12.2. The van der Waals surface area contributed by atoms with Gasteiger partial charge in [0.25, 0.3) is 0 Å². The molecule has 0 aliphatic heterocycles. The predicted molar refractivity (Wildman–Crippen MR) is 84.7 cm³/mol. The Morgan fingerprint density at radius 2 is 2.00 bits per heavy atom. The smallest absolute Gasteiger partial charge is 0.146 e. The Bertz CT molecular complexity index is 630. The van der Waals surface area contributed by atoms with Gasteiger partial charge in [0.2, 0.25) is 0 Å². The Kier molecular flexibility index (Phi) is 5.21. The molecule has 1 atom stereocenters. The molecule has 0 saturated carbocycles. The van der Waals surface area contributed by atoms with Crippen molar-refractivity contribution < 1.29 is 9.13 Å². The van der Waals surface area contributed by atoms with Crippen molar-refractivity contribution in [2.24, 2.45) is 0 Å². The largest absolute Gasteiger partial charge is 0.496 e. The van der Waals surface area contributed by atoms with Crippen molar-refractivity contribution in [1.29, 1.82) is 0 Å². The first-order valence-electron chi connectivity index (χ1n) is 6.90. The third kappa shape index (κ3) is 3.36. The van der Waals surface area contributed by atoms with Crippen LogP contribution < -0.4 is 10.1 Å². The summed E-state index contributed by atoms with van der Waals surface area (Å²) in [5, 5.41) is 3.43. The first-order chi connectivity index (χ1) is 10.1. The quantitative estimate of drug-likeness (QED) is 0.878. The Morgan fingerprint density at radius 1 is 1.24 bits per heavy atom. The number of hydrogen-bond donors (Lipinski definition) is 1. The molecule has 0 aromatic heterocycles.